The van der Waals surface area contributed by atoms with E-state index in [1.54, 1.807) is 0 Å². The molecule has 0 amide bonds. The number of fused-ring (bicyclic) bond motifs is 2. The van der Waals surface area contributed by atoms with Gasteiger partial charge < -0.3 is 4.90 Å². The van der Waals surface area contributed by atoms with Gasteiger partial charge >= 0.3 is 0 Å². The summed E-state index contributed by atoms with van der Waals surface area (Å²) in [5.41, 5.74) is 4.61. The van der Waals surface area contributed by atoms with Gasteiger partial charge in [-0.3, -0.25) is 10.1 Å². The van der Waals surface area contributed by atoms with Gasteiger partial charge in [0.25, 0.3) is 0 Å². The monoisotopic (exact) mass is 345 g/mol. The number of pyridine rings is 1. The molecule has 5 nitrogen and oxygen atoms in total. The molecule has 26 heavy (non-hydrogen) atoms. The van der Waals surface area contributed by atoms with E-state index in [9.17, 15) is 10.1 Å². The summed E-state index contributed by atoms with van der Waals surface area (Å²) >= 11 is 0. The molecule has 1 atom stereocenters. The van der Waals surface area contributed by atoms with Crippen LogP contribution in [0.4, 0.5) is 5.69 Å². The average Bonchev–Trinajstić information content (AvgIpc) is 2.67. The Morgan fingerprint density at radius 3 is 2.65 bits per heavy atom. The summed E-state index contributed by atoms with van der Waals surface area (Å²) in [7, 11) is 0. The van der Waals surface area contributed by atoms with Crippen LogP contribution in [-0.2, 0) is 0 Å². The predicted octanol–water partition coefficient (Wildman–Crippen LogP) is 4.48. The fourth-order valence-electron chi connectivity index (χ4n) is 3.62. The highest BCUT2D eigenvalue weighted by atomic mass is 16.6. The van der Waals surface area contributed by atoms with E-state index in [2.05, 4.69) is 11.8 Å². The van der Waals surface area contributed by atoms with Crippen molar-refractivity contribution < 1.29 is 4.92 Å². The largest absolute Gasteiger partial charge is 0.348 e. The fourth-order valence-corrected chi connectivity index (χ4v) is 3.62. The van der Waals surface area contributed by atoms with Crippen LogP contribution in [0.5, 0.6) is 0 Å². The maximum atomic E-state index is 11.4. The Morgan fingerprint density at radius 2 is 1.85 bits per heavy atom. The first-order chi connectivity index (χ1) is 12.7. The second kappa shape index (κ2) is 6.59. The van der Waals surface area contributed by atoms with E-state index in [4.69, 9.17) is 4.98 Å². The number of hydrogen-bond donors (Lipinski definition) is 0. The van der Waals surface area contributed by atoms with Crippen LogP contribution in [-0.4, -0.2) is 23.0 Å². The maximum absolute atomic E-state index is 11.4. The van der Waals surface area contributed by atoms with Crippen molar-refractivity contribution in [2.75, 3.05) is 18.0 Å². The van der Waals surface area contributed by atoms with Crippen LogP contribution in [0.1, 0.15) is 24.1 Å². The van der Waals surface area contributed by atoms with Crippen LogP contribution < -0.4 is 4.90 Å². The molecule has 130 valence electrons. The van der Waals surface area contributed by atoms with Gasteiger partial charge in [0.2, 0.25) is 6.54 Å². The first-order valence-electron chi connectivity index (χ1n) is 8.72. The van der Waals surface area contributed by atoms with Crippen LogP contribution in [0.15, 0.2) is 66.9 Å². The highest BCUT2D eigenvalue weighted by Crippen LogP contribution is 2.41. The summed E-state index contributed by atoms with van der Waals surface area (Å²) in [4.78, 5) is 18.0. The molecule has 4 rings (SSSR count). The quantitative estimate of drug-likeness (QED) is 0.517. The minimum Gasteiger partial charge on any atom is -0.348 e. The smallest absolute Gasteiger partial charge is 0.214 e. The topological polar surface area (TPSA) is 59.3 Å². The molecule has 1 aliphatic heterocycles. The van der Waals surface area contributed by atoms with E-state index in [0.717, 1.165) is 40.0 Å². The molecule has 0 saturated carbocycles. The lowest BCUT2D eigenvalue weighted by Crippen LogP contribution is -2.27. The lowest BCUT2D eigenvalue weighted by Gasteiger charge is -2.32. The number of hydrogen-bond acceptors (Lipinski definition) is 4. The Kier molecular flexibility index (Phi) is 4.13. The normalized spacial score (nSPS) is 16.3. The third-order valence-electron chi connectivity index (χ3n) is 4.86. The van der Waals surface area contributed by atoms with E-state index in [0.29, 0.717) is 0 Å². The van der Waals surface area contributed by atoms with Crippen LogP contribution >= 0.6 is 0 Å². The first kappa shape index (κ1) is 16.3. The third-order valence-corrected chi connectivity index (χ3v) is 4.86. The molecule has 0 fully saturated rings. The third kappa shape index (κ3) is 2.81. The standard InChI is InChI=1S/C21H19N3O2/c1-2-23-13-18(20-12-11-15-7-3-5-9-19(15)22-20)17(14-24(25)26)16-8-4-6-10-21(16)23/h3-13,17H,2,14H2,1H3/t17-/m1/s1. The summed E-state index contributed by atoms with van der Waals surface area (Å²) in [6.45, 7) is 2.72. The van der Waals surface area contributed by atoms with Crippen molar-refractivity contribution in [2.45, 2.75) is 12.8 Å². The lowest BCUT2D eigenvalue weighted by molar-refractivity contribution is -0.481. The summed E-state index contributed by atoms with van der Waals surface area (Å²) in [6, 6.07) is 19.8. The Hall–Kier alpha value is -3.21. The molecular formula is C21H19N3O2. The second-order valence-corrected chi connectivity index (χ2v) is 6.39. The zero-order valence-corrected chi connectivity index (χ0v) is 14.5. The lowest BCUT2D eigenvalue weighted by atomic mass is 9.85. The van der Waals surface area contributed by atoms with Crippen LogP contribution in [0.3, 0.4) is 0 Å². The zero-order chi connectivity index (χ0) is 18.1. The molecule has 0 radical (unpaired) electrons. The van der Waals surface area contributed by atoms with Crippen LogP contribution in [0.25, 0.3) is 16.5 Å². The number of anilines is 1. The molecule has 5 heteroatoms. The Labute approximate surface area is 151 Å². The molecule has 3 aromatic rings. The Bertz CT molecular complexity index is 1010. The van der Waals surface area contributed by atoms with Crippen LogP contribution in [0, 0.1) is 10.1 Å². The average molecular weight is 345 g/mol. The van der Waals surface area contributed by atoms with Gasteiger partial charge in [0.05, 0.1) is 17.1 Å². The van der Waals surface area contributed by atoms with Crippen molar-refractivity contribution in [3.05, 3.63) is 88.2 Å². The van der Waals surface area contributed by atoms with E-state index in [1.807, 2.05) is 66.9 Å². The van der Waals surface area contributed by atoms with Gasteiger partial charge in [-0.1, -0.05) is 42.5 Å². The van der Waals surface area contributed by atoms with Gasteiger partial charge in [-0.2, -0.15) is 0 Å². The van der Waals surface area contributed by atoms with Gasteiger partial charge in [0.1, 0.15) is 0 Å². The molecule has 0 saturated heterocycles. The number of para-hydroxylation sites is 2. The molecule has 0 unspecified atom stereocenters. The van der Waals surface area contributed by atoms with Gasteiger partial charge in [-0.25, -0.2) is 4.98 Å². The SMILES string of the molecule is CCN1C=C(c2ccc3ccccc3n2)[C@H](C[N+](=O)[O-])c2ccccc21. The number of nitro groups is 1. The molecule has 2 aromatic carbocycles. The van der Waals surface area contributed by atoms with E-state index < -0.39 is 0 Å². The fraction of sp³-hybridized carbons (Fsp3) is 0.190. The summed E-state index contributed by atoms with van der Waals surface area (Å²) in [6.07, 6.45) is 2.02. The minimum atomic E-state index is -0.308. The molecule has 1 aromatic heterocycles. The predicted molar refractivity (Wildman–Crippen MR) is 104 cm³/mol. The Balaban J connectivity index is 1.88. The van der Waals surface area contributed by atoms with Gasteiger partial charge in [0.15, 0.2) is 0 Å². The second-order valence-electron chi connectivity index (χ2n) is 6.39. The Morgan fingerprint density at radius 1 is 1.08 bits per heavy atom. The van der Waals surface area contributed by atoms with E-state index >= 15 is 0 Å². The van der Waals surface area contributed by atoms with Crippen molar-refractivity contribution in [3.8, 4) is 0 Å². The van der Waals surface area contributed by atoms with Crippen molar-refractivity contribution >= 4 is 22.2 Å². The molecule has 0 bridgehead atoms. The minimum absolute atomic E-state index is 0.144. The van der Waals surface area contributed by atoms with Crippen molar-refractivity contribution in [2.24, 2.45) is 0 Å². The van der Waals surface area contributed by atoms with Gasteiger partial charge in [-0.15, -0.1) is 0 Å². The number of rotatable bonds is 4. The van der Waals surface area contributed by atoms with E-state index in [1.165, 1.54) is 0 Å². The van der Waals surface area contributed by atoms with E-state index in [-0.39, 0.29) is 17.4 Å². The molecular weight excluding hydrogens is 326 g/mol. The molecule has 1 aliphatic rings. The van der Waals surface area contributed by atoms with Crippen molar-refractivity contribution in [3.63, 3.8) is 0 Å². The highest BCUT2D eigenvalue weighted by Gasteiger charge is 2.31. The summed E-state index contributed by atoms with van der Waals surface area (Å²) in [5, 5.41) is 12.4. The first-order valence-corrected chi connectivity index (χ1v) is 8.72. The van der Waals surface area contributed by atoms with Crippen LogP contribution in [0.2, 0.25) is 0 Å². The molecule has 2 heterocycles. The summed E-state index contributed by atoms with van der Waals surface area (Å²) < 4.78 is 0. The summed E-state index contributed by atoms with van der Waals surface area (Å²) in [5.74, 6) is -0.308. The molecule has 0 aliphatic carbocycles. The number of nitrogens with zero attached hydrogens (tertiary/aromatic N) is 3. The highest BCUT2D eigenvalue weighted by molar-refractivity contribution is 5.84. The molecule has 0 spiro atoms. The molecule has 0 N–H and O–H groups in total. The zero-order valence-electron chi connectivity index (χ0n) is 14.5. The van der Waals surface area contributed by atoms with Crippen molar-refractivity contribution in [1.82, 2.24) is 4.98 Å². The maximum Gasteiger partial charge on any atom is 0.214 e. The number of benzene rings is 2. The van der Waals surface area contributed by atoms with Gasteiger partial charge in [0, 0.05) is 34.3 Å². The van der Waals surface area contributed by atoms with Gasteiger partial charge in [-0.05, 0) is 30.7 Å². The van der Waals surface area contributed by atoms with Crippen molar-refractivity contribution in [1.29, 1.82) is 0 Å². The number of aromatic nitrogens is 1.